The molecule has 8 heteroatoms. The van der Waals surface area contributed by atoms with Crippen LogP contribution in [0.5, 0.6) is 0 Å². The zero-order valence-electron chi connectivity index (χ0n) is 10.5. The number of carbonyl (C=O) groups is 1. The van der Waals surface area contributed by atoms with E-state index in [1.165, 1.54) is 4.31 Å². The average molecular weight is 280 g/mol. The summed E-state index contributed by atoms with van der Waals surface area (Å²) in [5.41, 5.74) is 0. The molecule has 18 heavy (non-hydrogen) atoms. The molecule has 2 N–H and O–H groups in total. The lowest BCUT2D eigenvalue weighted by Crippen LogP contribution is -2.47. The van der Waals surface area contributed by atoms with E-state index in [1.807, 2.05) is 0 Å². The van der Waals surface area contributed by atoms with Crippen LogP contribution in [0.15, 0.2) is 0 Å². The number of piperidine rings is 1. The van der Waals surface area contributed by atoms with Crippen LogP contribution in [-0.2, 0) is 19.7 Å². The Morgan fingerprint density at radius 2 is 2.28 bits per heavy atom. The Morgan fingerprint density at radius 3 is 2.89 bits per heavy atom. The molecule has 1 saturated heterocycles. The van der Waals surface area contributed by atoms with E-state index in [4.69, 9.17) is 9.84 Å². The van der Waals surface area contributed by atoms with Crippen LogP contribution in [-0.4, -0.2) is 57.1 Å². The molecule has 1 unspecified atom stereocenters. The first-order chi connectivity index (χ1) is 8.47. The fraction of sp³-hybridized carbons (Fsp3) is 0.900. The van der Waals surface area contributed by atoms with E-state index in [9.17, 15) is 13.2 Å². The Hall–Kier alpha value is -0.700. The van der Waals surface area contributed by atoms with E-state index in [2.05, 4.69) is 4.72 Å². The van der Waals surface area contributed by atoms with Crippen molar-refractivity contribution < 1.29 is 23.1 Å². The first kappa shape index (κ1) is 15.4. The molecule has 1 rings (SSSR count). The molecule has 0 amide bonds. The SMILES string of the molecule is COCCCNS(=O)(=O)N1CCCC(C(=O)O)C1. The van der Waals surface area contributed by atoms with Gasteiger partial charge in [-0.05, 0) is 19.3 Å². The van der Waals surface area contributed by atoms with Crippen molar-refractivity contribution in [2.75, 3.05) is 33.4 Å². The molecule has 1 aliphatic rings. The monoisotopic (exact) mass is 280 g/mol. The summed E-state index contributed by atoms with van der Waals surface area (Å²) in [7, 11) is -2.01. The topological polar surface area (TPSA) is 95.9 Å². The molecule has 0 aromatic carbocycles. The van der Waals surface area contributed by atoms with Crippen LogP contribution in [0.1, 0.15) is 19.3 Å². The van der Waals surface area contributed by atoms with E-state index >= 15 is 0 Å². The standard InChI is InChI=1S/C10H20N2O5S/c1-17-7-3-5-11-18(15,16)12-6-2-4-9(8-12)10(13)14/h9,11H,2-8H2,1H3,(H,13,14). The molecule has 0 bridgehead atoms. The van der Waals surface area contributed by atoms with E-state index in [0.29, 0.717) is 39.0 Å². The van der Waals surface area contributed by atoms with E-state index in [1.54, 1.807) is 7.11 Å². The molecule has 0 spiro atoms. The summed E-state index contributed by atoms with van der Waals surface area (Å²) in [5.74, 6) is -1.54. The highest BCUT2D eigenvalue weighted by molar-refractivity contribution is 7.87. The first-order valence-electron chi connectivity index (χ1n) is 5.94. The van der Waals surface area contributed by atoms with Gasteiger partial charge in [0.25, 0.3) is 10.2 Å². The summed E-state index contributed by atoms with van der Waals surface area (Å²) in [4.78, 5) is 10.9. The molecule has 0 aromatic rings. The second-order valence-electron chi connectivity index (χ2n) is 4.28. The molecule has 1 heterocycles. The molecule has 7 nitrogen and oxygen atoms in total. The number of hydrogen-bond acceptors (Lipinski definition) is 4. The van der Waals surface area contributed by atoms with Gasteiger partial charge in [0, 0.05) is 33.4 Å². The van der Waals surface area contributed by atoms with Crippen LogP contribution >= 0.6 is 0 Å². The molecular formula is C10H20N2O5S. The lowest BCUT2D eigenvalue weighted by molar-refractivity contribution is -0.142. The van der Waals surface area contributed by atoms with Gasteiger partial charge in [0.05, 0.1) is 5.92 Å². The van der Waals surface area contributed by atoms with Gasteiger partial charge in [-0.1, -0.05) is 0 Å². The minimum absolute atomic E-state index is 0.0505. The molecule has 0 aliphatic carbocycles. The molecule has 106 valence electrons. The highest BCUT2D eigenvalue weighted by atomic mass is 32.2. The van der Waals surface area contributed by atoms with Crippen molar-refractivity contribution in [1.82, 2.24) is 9.03 Å². The quantitative estimate of drug-likeness (QED) is 0.622. The van der Waals surface area contributed by atoms with Crippen LogP contribution in [0.2, 0.25) is 0 Å². The third kappa shape index (κ3) is 4.52. The molecule has 1 atom stereocenters. The normalized spacial score (nSPS) is 21.9. The average Bonchev–Trinajstić information content (AvgIpc) is 2.35. The lowest BCUT2D eigenvalue weighted by Gasteiger charge is -2.29. The van der Waals surface area contributed by atoms with Crippen molar-refractivity contribution in [3.63, 3.8) is 0 Å². The summed E-state index contributed by atoms with van der Waals surface area (Å²) in [5, 5.41) is 8.91. The van der Waals surface area contributed by atoms with Crippen molar-refractivity contribution in [3.05, 3.63) is 0 Å². The number of hydrogen-bond donors (Lipinski definition) is 2. The largest absolute Gasteiger partial charge is 0.481 e. The molecule has 0 saturated carbocycles. The predicted molar refractivity (Wildman–Crippen MR) is 65.3 cm³/mol. The minimum atomic E-state index is -3.57. The number of nitrogens with one attached hydrogen (secondary N) is 1. The molecule has 0 radical (unpaired) electrons. The Balaban J connectivity index is 2.48. The van der Waals surface area contributed by atoms with Gasteiger partial charge in [-0.15, -0.1) is 0 Å². The maximum Gasteiger partial charge on any atom is 0.307 e. The summed E-state index contributed by atoms with van der Waals surface area (Å²) in [6, 6.07) is 0. The van der Waals surface area contributed by atoms with E-state index in [-0.39, 0.29) is 6.54 Å². The van der Waals surface area contributed by atoms with Gasteiger partial charge in [0.1, 0.15) is 0 Å². The van der Waals surface area contributed by atoms with Crippen molar-refractivity contribution in [2.24, 2.45) is 5.92 Å². The fourth-order valence-corrected chi connectivity index (χ4v) is 3.20. The highest BCUT2D eigenvalue weighted by Gasteiger charge is 2.31. The minimum Gasteiger partial charge on any atom is -0.481 e. The van der Waals surface area contributed by atoms with Crippen LogP contribution in [0.4, 0.5) is 0 Å². The number of ether oxygens (including phenoxy) is 1. The van der Waals surface area contributed by atoms with Gasteiger partial charge in [-0.3, -0.25) is 4.79 Å². The second-order valence-corrected chi connectivity index (χ2v) is 6.04. The van der Waals surface area contributed by atoms with E-state index in [0.717, 1.165) is 0 Å². The predicted octanol–water partition coefficient (Wildman–Crippen LogP) is -0.346. The molecule has 1 aliphatic heterocycles. The number of carboxylic acid groups (broad SMARTS) is 1. The maximum absolute atomic E-state index is 11.9. The third-order valence-corrected chi connectivity index (χ3v) is 4.46. The second kappa shape index (κ2) is 7.03. The van der Waals surface area contributed by atoms with Crippen molar-refractivity contribution in [3.8, 4) is 0 Å². The zero-order chi connectivity index (χ0) is 13.6. The molecule has 1 fully saturated rings. The number of nitrogens with zero attached hydrogens (tertiary/aromatic N) is 1. The van der Waals surface area contributed by atoms with Gasteiger partial charge >= 0.3 is 5.97 Å². The van der Waals surface area contributed by atoms with Crippen LogP contribution < -0.4 is 4.72 Å². The van der Waals surface area contributed by atoms with Crippen LogP contribution in [0.3, 0.4) is 0 Å². The fourth-order valence-electron chi connectivity index (χ4n) is 1.87. The lowest BCUT2D eigenvalue weighted by atomic mass is 10.0. The number of carboxylic acids is 1. The third-order valence-electron chi connectivity index (χ3n) is 2.88. The number of rotatable bonds is 7. The van der Waals surface area contributed by atoms with Gasteiger partial charge in [-0.25, -0.2) is 4.72 Å². The first-order valence-corrected chi connectivity index (χ1v) is 7.38. The van der Waals surface area contributed by atoms with Crippen LogP contribution in [0, 0.1) is 5.92 Å². The van der Waals surface area contributed by atoms with Gasteiger partial charge in [0.15, 0.2) is 0 Å². The molecular weight excluding hydrogens is 260 g/mol. The summed E-state index contributed by atoms with van der Waals surface area (Å²) >= 11 is 0. The zero-order valence-corrected chi connectivity index (χ0v) is 11.3. The van der Waals surface area contributed by atoms with Gasteiger partial charge in [0.2, 0.25) is 0 Å². The Labute approximate surface area is 107 Å². The van der Waals surface area contributed by atoms with Gasteiger partial charge in [-0.2, -0.15) is 12.7 Å². The number of aliphatic carboxylic acids is 1. The highest BCUT2D eigenvalue weighted by Crippen LogP contribution is 2.18. The maximum atomic E-state index is 11.9. The summed E-state index contributed by atoms with van der Waals surface area (Å²) < 4.78 is 32.3. The number of methoxy groups -OCH3 is 1. The Kier molecular flexibility index (Phi) is 6.00. The smallest absolute Gasteiger partial charge is 0.307 e. The van der Waals surface area contributed by atoms with Crippen molar-refractivity contribution in [1.29, 1.82) is 0 Å². The Morgan fingerprint density at radius 1 is 1.56 bits per heavy atom. The Bertz CT molecular complexity index is 370. The van der Waals surface area contributed by atoms with Crippen LogP contribution in [0.25, 0.3) is 0 Å². The van der Waals surface area contributed by atoms with Crippen molar-refractivity contribution in [2.45, 2.75) is 19.3 Å². The van der Waals surface area contributed by atoms with Crippen molar-refractivity contribution >= 4 is 16.2 Å². The summed E-state index contributed by atoms with van der Waals surface area (Å²) in [6.45, 7) is 1.21. The van der Waals surface area contributed by atoms with E-state index < -0.39 is 22.1 Å². The molecule has 0 aromatic heterocycles. The van der Waals surface area contributed by atoms with Gasteiger partial charge < -0.3 is 9.84 Å². The summed E-state index contributed by atoms with van der Waals surface area (Å²) in [6.07, 6.45) is 1.70.